The maximum Gasteiger partial charge on any atom is 0.336 e. The zero-order valence-corrected chi connectivity index (χ0v) is 13.5. The van der Waals surface area contributed by atoms with Gasteiger partial charge in [0.2, 0.25) is 0 Å². The lowest BCUT2D eigenvalue weighted by molar-refractivity contribution is 0.0689. The van der Waals surface area contributed by atoms with E-state index in [9.17, 15) is 29.4 Å². The summed E-state index contributed by atoms with van der Waals surface area (Å²) >= 11 is 0. The molecule has 0 aliphatic heterocycles. The van der Waals surface area contributed by atoms with Crippen molar-refractivity contribution in [2.24, 2.45) is 0 Å². The molecular formula is C19H16O6. The number of hydrogen-bond donors (Lipinski definition) is 2. The van der Waals surface area contributed by atoms with Crippen molar-refractivity contribution in [1.82, 2.24) is 0 Å². The van der Waals surface area contributed by atoms with Crippen LogP contribution in [0.1, 0.15) is 60.3 Å². The Morgan fingerprint density at radius 2 is 1.24 bits per heavy atom. The van der Waals surface area contributed by atoms with Gasteiger partial charge in [0, 0.05) is 24.0 Å². The van der Waals surface area contributed by atoms with Crippen molar-refractivity contribution in [3.8, 4) is 0 Å². The maximum atomic E-state index is 12.6. The minimum absolute atomic E-state index is 0.0407. The minimum atomic E-state index is -1.42. The van der Waals surface area contributed by atoms with Crippen molar-refractivity contribution in [3.05, 3.63) is 70.3 Å². The molecule has 6 heteroatoms. The number of rotatable bonds is 7. The van der Waals surface area contributed by atoms with Gasteiger partial charge in [-0.1, -0.05) is 37.3 Å². The molecule has 0 saturated heterocycles. The fourth-order valence-corrected chi connectivity index (χ4v) is 2.48. The van der Waals surface area contributed by atoms with Gasteiger partial charge in [-0.2, -0.15) is 0 Å². The molecule has 0 aliphatic carbocycles. The molecule has 0 fully saturated rings. The lowest BCUT2D eigenvalue weighted by Gasteiger charge is -2.11. The van der Waals surface area contributed by atoms with Crippen molar-refractivity contribution in [2.75, 3.05) is 0 Å². The molecule has 0 aliphatic rings. The van der Waals surface area contributed by atoms with Crippen molar-refractivity contribution in [3.63, 3.8) is 0 Å². The standard InChI is InChI=1S/C19H16O6/c1-2-16(20)12-9-13(15(19(24)25)10-14(12)18(22)23)17(21)8-11-6-4-3-5-7-11/h3-7,9-10H,2,8H2,1H3,(H,22,23)(H,24,25). The van der Waals surface area contributed by atoms with Gasteiger partial charge in [-0.15, -0.1) is 0 Å². The first-order chi connectivity index (χ1) is 11.8. The first-order valence-electron chi connectivity index (χ1n) is 7.60. The molecule has 2 N–H and O–H groups in total. The highest BCUT2D eigenvalue weighted by atomic mass is 16.4. The highest BCUT2D eigenvalue weighted by molar-refractivity contribution is 6.13. The number of ketones is 2. The van der Waals surface area contributed by atoms with Gasteiger partial charge in [-0.05, 0) is 17.7 Å². The van der Waals surface area contributed by atoms with Crippen LogP contribution in [0.15, 0.2) is 42.5 Å². The average molecular weight is 340 g/mol. The summed E-state index contributed by atoms with van der Waals surface area (Å²) in [6, 6.07) is 10.7. The topological polar surface area (TPSA) is 109 Å². The van der Waals surface area contributed by atoms with Gasteiger partial charge >= 0.3 is 11.9 Å². The largest absolute Gasteiger partial charge is 0.478 e. The van der Waals surface area contributed by atoms with Gasteiger partial charge in [0.25, 0.3) is 0 Å². The molecule has 0 radical (unpaired) electrons. The van der Waals surface area contributed by atoms with Crippen LogP contribution in [0.3, 0.4) is 0 Å². The quantitative estimate of drug-likeness (QED) is 0.750. The Bertz CT molecular complexity index is 852. The Kier molecular flexibility index (Phi) is 5.44. The summed E-state index contributed by atoms with van der Waals surface area (Å²) in [5.41, 5.74) is -0.476. The molecule has 0 amide bonds. The van der Waals surface area contributed by atoms with Gasteiger partial charge in [0.15, 0.2) is 11.6 Å². The summed E-state index contributed by atoms with van der Waals surface area (Å²) in [6.07, 6.45) is -0.00763. The Labute approximate surface area is 143 Å². The normalized spacial score (nSPS) is 10.3. The average Bonchev–Trinajstić information content (AvgIpc) is 2.60. The Balaban J connectivity index is 2.58. The number of Topliss-reactive ketones (excluding diaryl/α,β-unsaturated/α-hetero) is 2. The van der Waals surface area contributed by atoms with E-state index in [-0.39, 0.29) is 24.0 Å². The molecule has 2 rings (SSSR count). The van der Waals surface area contributed by atoms with E-state index >= 15 is 0 Å². The lowest BCUT2D eigenvalue weighted by atomic mass is 9.91. The molecule has 0 atom stereocenters. The first kappa shape index (κ1) is 18.1. The zero-order valence-electron chi connectivity index (χ0n) is 13.5. The number of benzene rings is 2. The molecule has 0 bridgehead atoms. The van der Waals surface area contributed by atoms with Crippen LogP contribution in [-0.2, 0) is 6.42 Å². The van der Waals surface area contributed by atoms with Gasteiger partial charge in [0.05, 0.1) is 11.1 Å². The monoisotopic (exact) mass is 340 g/mol. The molecule has 0 saturated carbocycles. The fourth-order valence-electron chi connectivity index (χ4n) is 2.48. The highest BCUT2D eigenvalue weighted by Crippen LogP contribution is 2.21. The van der Waals surface area contributed by atoms with Crippen LogP contribution in [0.4, 0.5) is 0 Å². The van der Waals surface area contributed by atoms with Gasteiger partial charge in [-0.25, -0.2) is 9.59 Å². The predicted octanol–water partition coefficient (Wildman–Crippen LogP) is 3.10. The van der Waals surface area contributed by atoms with Crippen LogP contribution >= 0.6 is 0 Å². The van der Waals surface area contributed by atoms with E-state index in [4.69, 9.17) is 0 Å². The molecular weight excluding hydrogens is 324 g/mol. The fraction of sp³-hybridized carbons (Fsp3) is 0.158. The van der Waals surface area contributed by atoms with E-state index in [0.29, 0.717) is 5.56 Å². The third-order valence-electron chi connectivity index (χ3n) is 3.75. The van der Waals surface area contributed by atoms with Crippen LogP contribution < -0.4 is 0 Å². The molecule has 128 valence electrons. The number of carbonyl (C=O) groups excluding carboxylic acids is 2. The van der Waals surface area contributed by atoms with Gasteiger partial charge in [-0.3, -0.25) is 9.59 Å². The van der Waals surface area contributed by atoms with E-state index in [0.717, 1.165) is 12.1 Å². The van der Waals surface area contributed by atoms with Crippen molar-refractivity contribution in [1.29, 1.82) is 0 Å². The van der Waals surface area contributed by atoms with Crippen LogP contribution in [-0.4, -0.2) is 33.7 Å². The second-order valence-corrected chi connectivity index (χ2v) is 5.42. The molecule has 0 heterocycles. The maximum absolute atomic E-state index is 12.6. The Morgan fingerprint density at radius 3 is 1.72 bits per heavy atom. The summed E-state index contributed by atoms with van der Waals surface area (Å²) in [5, 5.41) is 18.6. The van der Waals surface area contributed by atoms with E-state index in [2.05, 4.69) is 0 Å². The molecule has 6 nitrogen and oxygen atoms in total. The van der Waals surface area contributed by atoms with Crippen LogP contribution in [0.2, 0.25) is 0 Å². The van der Waals surface area contributed by atoms with E-state index < -0.39 is 34.6 Å². The van der Waals surface area contributed by atoms with E-state index in [1.54, 1.807) is 37.3 Å². The summed E-state index contributed by atoms with van der Waals surface area (Å²) in [7, 11) is 0. The van der Waals surface area contributed by atoms with E-state index in [1.165, 1.54) is 0 Å². The molecule has 25 heavy (non-hydrogen) atoms. The summed E-state index contributed by atoms with van der Waals surface area (Å²) in [4.78, 5) is 47.4. The number of aromatic carboxylic acids is 2. The van der Waals surface area contributed by atoms with Crippen molar-refractivity contribution in [2.45, 2.75) is 19.8 Å². The summed E-state index contributed by atoms with van der Waals surface area (Å²) in [5.74, 6) is -3.80. The lowest BCUT2D eigenvalue weighted by Crippen LogP contribution is -2.17. The summed E-state index contributed by atoms with van der Waals surface area (Å²) < 4.78 is 0. The SMILES string of the molecule is CCC(=O)c1cc(C(=O)Cc2ccccc2)c(C(=O)O)cc1C(=O)O. The first-order valence-corrected chi connectivity index (χ1v) is 7.60. The highest BCUT2D eigenvalue weighted by Gasteiger charge is 2.24. The van der Waals surface area contributed by atoms with Crippen LogP contribution in [0.5, 0.6) is 0 Å². The number of hydrogen-bond acceptors (Lipinski definition) is 4. The number of carbonyl (C=O) groups is 4. The molecule has 0 unspecified atom stereocenters. The number of carboxylic acids is 2. The second kappa shape index (κ2) is 7.53. The third-order valence-corrected chi connectivity index (χ3v) is 3.75. The predicted molar refractivity (Wildman–Crippen MR) is 89.5 cm³/mol. The Morgan fingerprint density at radius 1 is 0.760 bits per heavy atom. The molecule has 2 aromatic carbocycles. The van der Waals surface area contributed by atoms with Gasteiger partial charge < -0.3 is 10.2 Å². The van der Waals surface area contributed by atoms with E-state index in [1.807, 2.05) is 0 Å². The number of carboxylic acid groups (broad SMARTS) is 2. The zero-order chi connectivity index (χ0) is 18.6. The second-order valence-electron chi connectivity index (χ2n) is 5.42. The van der Waals surface area contributed by atoms with Gasteiger partial charge in [0.1, 0.15) is 0 Å². The molecule has 2 aromatic rings. The van der Waals surface area contributed by atoms with Crippen molar-refractivity contribution >= 4 is 23.5 Å². The summed E-state index contributed by atoms with van der Waals surface area (Å²) in [6.45, 7) is 1.56. The smallest absolute Gasteiger partial charge is 0.336 e. The van der Waals surface area contributed by atoms with Crippen molar-refractivity contribution < 1.29 is 29.4 Å². The third kappa shape index (κ3) is 3.98. The minimum Gasteiger partial charge on any atom is -0.478 e. The molecule has 0 aromatic heterocycles. The van der Waals surface area contributed by atoms with Crippen LogP contribution in [0.25, 0.3) is 0 Å². The van der Waals surface area contributed by atoms with Crippen LogP contribution in [0, 0.1) is 0 Å². The Hall–Kier alpha value is -3.28. The molecule has 0 spiro atoms.